The summed E-state index contributed by atoms with van der Waals surface area (Å²) < 4.78 is 12.5. The number of nitrogens with zero attached hydrogens (tertiary/aromatic N) is 3. The number of amides is 1. The molecule has 0 unspecified atom stereocenters. The second-order valence-electron chi connectivity index (χ2n) is 8.44. The van der Waals surface area contributed by atoms with E-state index in [0.29, 0.717) is 28.9 Å². The Hall–Kier alpha value is -3.26. The van der Waals surface area contributed by atoms with E-state index in [2.05, 4.69) is 67.1 Å². The van der Waals surface area contributed by atoms with E-state index in [1.165, 1.54) is 17.3 Å². The van der Waals surface area contributed by atoms with Gasteiger partial charge in [0.05, 0.1) is 25.7 Å². The second-order valence-corrected chi connectivity index (χ2v) is 9.38. The summed E-state index contributed by atoms with van der Waals surface area (Å²) in [5.41, 5.74) is 2.88. The van der Waals surface area contributed by atoms with Crippen LogP contribution in [0.4, 0.5) is 5.69 Å². The van der Waals surface area contributed by atoms with E-state index in [1.807, 2.05) is 4.57 Å². The van der Waals surface area contributed by atoms with Crippen molar-refractivity contribution in [3.05, 3.63) is 60.7 Å². The Balaban J connectivity index is 1.73. The largest absolute Gasteiger partial charge is 0.497 e. The minimum absolute atomic E-state index is 0.0776. The third-order valence-corrected chi connectivity index (χ3v) is 6.02. The topological polar surface area (TPSA) is 78.3 Å². The highest BCUT2D eigenvalue weighted by Gasteiger charge is 2.18. The molecule has 0 aliphatic heterocycles. The van der Waals surface area contributed by atoms with Gasteiger partial charge in [-0.25, -0.2) is 0 Å². The van der Waals surface area contributed by atoms with Crippen LogP contribution < -0.4 is 14.8 Å². The molecule has 0 atom stereocenters. The molecule has 3 rings (SSSR count). The van der Waals surface area contributed by atoms with Crippen LogP contribution in [0, 0.1) is 0 Å². The first-order chi connectivity index (χ1) is 15.8. The Morgan fingerprint density at radius 1 is 1.12 bits per heavy atom. The monoisotopic (exact) mass is 466 g/mol. The van der Waals surface area contributed by atoms with E-state index in [1.54, 1.807) is 38.5 Å². The Morgan fingerprint density at radius 3 is 2.45 bits per heavy atom. The minimum atomic E-state index is -0.173. The van der Waals surface area contributed by atoms with E-state index in [-0.39, 0.29) is 17.1 Å². The molecule has 0 bridgehead atoms. The van der Waals surface area contributed by atoms with Crippen LogP contribution in [-0.2, 0) is 16.8 Å². The molecular weight excluding hydrogens is 436 g/mol. The Bertz CT molecular complexity index is 1120. The van der Waals surface area contributed by atoms with Crippen molar-refractivity contribution < 1.29 is 14.3 Å². The SMILES string of the molecule is C=CCn1c(SCC(=O)Nc2ccc(OC)cc2OC)nnc1-c1ccc(C(C)(C)C)cc1. The third-order valence-electron chi connectivity index (χ3n) is 5.05. The standard InChI is InChI=1S/C25H30N4O3S/c1-7-14-29-23(17-8-10-18(11-9-17)25(2,3)4)27-28-24(29)33-16-22(30)26-20-13-12-19(31-5)15-21(20)32-6/h7-13,15H,1,14,16H2,2-6H3,(H,26,30). The van der Waals surface area contributed by atoms with Crippen molar-refractivity contribution in [1.82, 2.24) is 14.8 Å². The molecule has 33 heavy (non-hydrogen) atoms. The summed E-state index contributed by atoms with van der Waals surface area (Å²) >= 11 is 1.32. The van der Waals surface area contributed by atoms with Crippen molar-refractivity contribution in [2.75, 3.05) is 25.3 Å². The number of hydrogen-bond acceptors (Lipinski definition) is 6. The number of anilines is 1. The summed E-state index contributed by atoms with van der Waals surface area (Å²) in [5.74, 6) is 1.93. The first-order valence-electron chi connectivity index (χ1n) is 10.6. The quantitative estimate of drug-likeness (QED) is 0.346. The number of hydrogen-bond donors (Lipinski definition) is 1. The van der Waals surface area contributed by atoms with Crippen LogP contribution in [0.25, 0.3) is 11.4 Å². The zero-order valence-corrected chi connectivity index (χ0v) is 20.5. The van der Waals surface area contributed by atoms with Crippen molar-refractivity contribution in [2.45, 2.75) is 37.9 Å². The molecule has 1 amide bonds. The third kappa shape index (κ3) is 5.96. The normalized spacial score (nSPS) is 11.2. The molecule has 0 saturated heterocycles. The lowest BCUT2D eigenvalue weighted by atomic mass is 9.87. The predicted molar refractivity (Wildman–Crippen MR) is 133 cm³/mol. The van der Waals surface area contributed by atoms with Gasteiger partial charge in [-0.15, -0.1) is 16.8 Å². The fourth-order valence-corrected chi connectivity index (χ4v) is 3.99. The van der Waals surface area contributed by atoms with E-state index in [0.717, 1.165) is 11.4 Å². The molecular formula is C25H30N4O3S. The van der Waals surface area contributed by atoms with Crippen LogP contribution in [0.2, 0.25) is 0 Å². The summed E-state index contributed by atoms with van der Waals surface area (Å²) in [6.45, 7) is 10.9. The van der Waals surface area contributed by atoms with Crippen LogP contribution in [-0.4, -0.2) is 40.6 Å². The molecule has 0 saturated carbocycles. The lowest BCUT2D eigenvalue weighted by Gasteiger charge is -2.19. The highest BCUT2D eigenvalue weighted by atomic mass is 32.2. The molecule has 0 radical (unpaired) electrons. The molecule has 1 heterocycles. The van der Waals surface area contributed by atoms with Crippen LogP contribution in [0.3, 0.4) is 0 Å². The number of allylic oxidation sites excluding steroid dienone is 1. The first-order valence-corrected chi connectivity index (χ1v) is 11.5. The van der Waals surface area contributed by atoms with E-state index in [9.17, 15) is 4.79 Å². The maximum absolute atomic E-state index is 12.6. The maximum atomic E-state index is 12.6. The number of rotatable bonds is 9. The number of aromatic nitrogens is 3. The highest BCUT2D eigenvalue weighted by Crippen LogP contribution is 2.30. The second kappa shape index (κ2) is 10.6. The molecule has 1 N–H and O–H groups in total. The number of ether oxygens (including phenoxy) is 2. The number of thioether (sulfide) groups is 1. The Kier molecular flexibility index (Phi) is 7.81. The van der Waals surface area contributed by atoms with E-state index < -0.39 is 0 Å². The van der Waals surface area contributed by atoms with E-state index >= 15 is 0 Å². The molecule has 174 valence electrons. The van der Waals surface area contributed by atoms with E-state index in [4.69, 9.17) is 9.47 Å². The number of carbonyl (C=O) groups is 1. The average molecular weight is 467 g/mol. The molecule has 3 aromatic rings. The predicted octanol–water partition coefficient (Wildman–Crippen LogP) is 5.18. The molecule has 7 nitrogen and oxygen atoms in total. The lowest BCUT2D eigenvalue weighted by molar-refractivity contribution is -0.113. The molecule has 1 aromatic heterocycles. The average Bonchev–Trinajstić information content (AvgIpc) is 3.20. The van der Waals surface area contributed by atoms with Crippen molar-refractivity contribution >= 4 is 23.4 Å². The molecule has 8 heteroatoms. The van der Waals surface area contributed by atoms with Gasteiger partial charge in [-0.2, -0.15) is 0 Å². The molecule has 0 fully saturated rings. The Labute approximate surface area is 199 Å². The summed E-state index contributed by atoms with van der Waals surface area (Å²) in [4.78, 5) is 12.6. The number of benzene rings is 2. The summed E-state index contributed by atoms with van der Waals surface area (Å²) in [6.07, 6.45) is 1.79. The van der Waals surface area contributed by atoms with Crippen molar-refractivity contribution in [2.24, 2.45) is 0 Å². The van der Waals surface area contributed by atoms with Crippen LogP contribution in [0.15, 0.2) is 60.3 Å². The first kappa shape index (κ1) is 24.4. The van der Waals surface area contributed by atoms with Crippen LogP contribution >= 0.6 is 11.8 Å². The van der Waals surface area contributed by atoms with Gasteiger partial charge in [-0.3, -0.25) is 9.36 Å². The molecule has 0 aliphatic rings. The van der Waals surface area contributed by atoms with Gasteiger partial charge >= 0.3 is 0 Å². The zero-order valence-electron chi connectivity index (χ0n) is 19.7. The number of nitrogens with one attached hydrogen (secondary N) is 1. The lowest BCUT2D eigenvalue weighted by Crippen LogP contribution is -2.15. The van der Waals surface area contributed by atoms with Crippen molar-refractivity contribution in [1.29, 1.82) is 0 Å². The summed E-state index contributed by atoms with van der Waals surface area (Å²) in [5, 5.41) is 12.2. The molecule has 0 spiro atoms. The highest BCUT2D eigenvalue weighted by molar-refractivity contribution is 7.99. The summed E-state index contributed by atoms with van der Waals surface area (Å²) in [7, 11) is 3.13. The molecule has 2 aromatic carbocycles. The van der Waals surface area contributed by atoms with Crippen LogP contribution in [0.1, 0.15) is 26.3 Å². The van der Waals surface area contributed by atoms with Gasteiger partial charge in [0, 0.05) is 18.2 Å². The number of methoxy groups -OCH3 is 2. The van der Waals surface area contributed by atoms with Gasteiger partial charge in [0.15, 0.2) is 11.0 Å². The fraction of sp³-hybridized carbons (Fsp3) is 0.320. The smallest absolute Gasteiger partial charge is 0.234 e. The van der Waals surface area contributed by atoms with Gasteiger partial charge in [0.2, 0.25) is 5.91 Å². The van der Waals surface area contributed by atoms with Gasteiger partial charge in [-0.1, -0.05) is 62.9 Å². The van der Waals surface area contributed by atoms with Crippen LogP contribution in [0.5, 0.6) is 11.5 Å². The van der Waals surface area contributed by atoms with Gasteiger partial charge in [-0.05, 0) is 23.1 Å². The van der Waals surface area contributed by atoms with Crippen molar-refractivity contribution in [3.8, 4) is 22.9 Å². The maximum Gasteiger partial charge on any atom is 0.234 e. The number of carbonyl (C=O) groups excluding carboxylic acids is 1. The van der Waals surface area contributed by atoms with Gasteiger partial charge in [0.1, 0.15) is 11.5 Å². The fourth-order valence-electron chi connectivity index (χ4n) is 3.24. The van der Waals surface area contributed by atoms with Gasteiger partial charge < -0.3 is 14.8 Å². The zero-order chi connectivity index (χ0) is 24.0. The minimum Gasteiger partial charge on any atom is -0.497 e. The van der Waals surface area contributed by atoms with Crippen molar-refractivity contribution in [3.63, 3.8) is 0 Å². The molecule has 0 aliphatic carbocycles. The Morgan fingerprint density at radius 2 is 1.85 bits per heavy atom. The summed E-state index contributed by atoms with van der Waals surface area (Å²) in [6, 6.07) is 13.6. The van der Waals surface area contributed by atoms with Gasteiger partial charge in [0.25, 0.3) is 0 Å².